The number of alkyl halides is 6. The second-order valence-corrected chi connectivity index (χ2v) is 13.6. The third kappa shape index (κ3) is 8.99. The van der Waals surface area contributed by atoms with Gasteiger partial charge >= 0.3 is 18.3 Å². The van der Waals surface area contributed by atoms with E-state index in [0.717, 1.165) is 28.8 Å². The lowest BCUT2D eigenvalue weighted by molar-refractivity contribution is -0.211. The van der Waals surface area contributed by atoms with Gasteiger partial charge in [0.2, 0.25) is 0 Å². The van der Waals surface area contributed by atoms with Crippen LogP contribution in [0.15, 0.2) is 101 Å². The zero-order valence-corrected chi connectivity index (χ0v) is 29.3. The molecule has 17 heteroatoms. The Morgan fingerprint density at radius 2 is 1.56 bits per heavy atom. The van der Waals surface area contributed by atoms with Crippen LogP contribution in [0.2, 0.25) is 0 Å². The second kappa shape index (κ2) is 16.2. The predicted octanol–water partition coefficient (Wildman–Crippen LogP) is 8.04. The number of thioether (sulfide) groups is 1. The minimum atomic E-state index is -5.55. The number of nitrogens with one attached hydrogen (secondary N) is 1. The maximum absolute atomic E-state index is 14.8. The number of amides is 1. The topological polar surface area (TPSA) is 93.5 Å². The van der Waals surface area contributed by atoms with E-state index >= 15 is 0 Å². The molecule has 1 saturated heterocycles. The largest absolute Gasteiger partial charge is 0.491 e. The van der Waals surface area contributed by atoms with E-state index in [2.05, 4.69) is 10.3 Å². The highest BCUT2D eigenvalue weighted by molar-refractivity contribution is 7.98. The lowest BCUT2D eigenvalue weighted by atomic mass is 10.0. The summed E-state index contributed by atoms with van der Waals surface area (Å²) in [4.78, 5) is 46.0. The fourth-order valence-corrected chi connectivity index (χ4v) is 7.21. The van der Waals surface area contributed by atoms with Crippen LogP contribution in [0.4, 0.5) is 35.1 Å². The Morgan fingerprint density at radius 3 is 2.20 bits per heavy atom. The van der Waals surface area contributed by atoms with E-state index in [0.29, 0.717) is 54.4 Å². The average Bonchev–Trinajstić information content (AvgIpc) is 3.16. The Kier molecular flexibility index (Phi) is 11.6. The van der Waals surface area contributed by atoms with Crippen LogP contribution in [-0.2, 0) is 32.8 Å². The molecule has 1 N–H and O–H groups in total. The molecule has 55 heavy (non-hydrogen) atoms. The van der Waals surface area contributed by atoms with Gasteiger partial charge in [-0.25, -0.2) is 18.6 Å². The quantitative estimate of drug-likeness (QED) is 0.0870. The van der Waals surface area contributed by atoms with Gasteiger partial charge < -0.3 is 15.0 Å². The summed E-state index contributed by atoms with van der Waals surface area (Å²) in [6, 6.07) is 17.5. The smallest absolute Gasteiger partial charge is 0.425 e. The zero-order chi connectivity index (χ0) is 39.5. The minimum Gasteiger partial charge on any atom is -0.425 e. The standard InChI is InChI=1S/C38H30F8N4O4S/c39-29-5-1-3-25(32(29)40)21-55-31-19-30(51)28-4-2-16-48-33(28)50(31)35(54-36(53)38(44,45)46)34(52)49(27-14-17-47-18-15-27)20-22-6-8-23(9-7-22)24-10-12-26(13-11-24)37(41,42)43/h1-13,16,19,27,35,47H,14-15,17-18,20-21H2. The molecule has 288 valence electrons. The first kappa shape index (κ1) is 39.4. The van der Waals surface area contributed by atoms with Crippen LogP contribution in [-0.4, -0.2) is 51.6 Å². The summed E-state index contributed by atoms with van der Waals surface area (Å²) >= 11 is 0.686. The molecule has 1 aliphatic heterocycles. The van der Waals surface area contributed by atoms with Crippen molar-refractivity contribution in [2.45, 2.75) is 54.8 Å². The van der Waals surface area contributed by atoms with Gasteiger partial charge in [-0.3, -0.25) is 14.2 Å². The number of rotatable bonds is 10. The Hall–Kier alpha value is -5.29. The van der Waals surface area contributed by atoms with Gasteiger partial charge in [0.05, 0.1) is 16.0 Å². The summed E-state index contributed by atoms with van der Waals surface area (Å²) in [6.45, 7) is 0.688. The van der Waals surface area contributed by atoms with Crippen molar-refractivity contribution in [1.29, 1.82) is 0 Å². The van der Waals surface area contributed by atoms with Crippen molar-refractivity contribution in [3.05, 3.63) is 130 Å². The number of carbonyl (C=O) groups is 2. The van der Waals surface area contributed by atoms with Gasteiger partial charge in [-0.1, -0.05) is 48.5 Å². The summed E-state index contributed by atoms with van der Waals surface area (Å²) in [5, 5.41) is 2.80. The van der Waals surface area contributed by atoms with E-state index in [1.807, 2.05) is 0 Å². The number of nitrogens with zero attached hydrogens (tertiary/aromatic N) is 3. The third-order valence-corrected chi connectivity index (χ3v) is 10.0. The van der Waals surface area contributed by atoms with E-state index < -0.39 is 59.1 Å². The third-order valence-electron chi connectivity index (χ3n) is 8.96. The van der Waals surface area contributed by atoms with Crippen molar-refractivity contribution in [3.63, 3.8) is 0 Å². The van der Waals surface area contributed by atoms with Crippen molar-refractivity contribution in [3.8, 4) is 11.1 Å². The average molecular weight is 791 g/mol. The van der Waals surface area contributed by atoms with E-state index in [-0.39, 0.29) is 33.9 Å². The van der Waals surface area contributed by atoms with Gasteiger partial charge in [-0.05, 0) is 73.0 Å². The van der Waals surface area contributed by atoms with Crippen LogP contribution >= 0.6 is 11.8 Å². The van der Waals surface area contributed by atoms with Gasteiger partial charge in [0.1, 0.15) is 5.65 Å². The fourth-order valence-electron chi connectivity index (χ4n) is 6.17. The maximum Gasteiger partial charge on any atom is 0.491 e. The first-order valence-electron chi connectivity index (χ1n) is 16.7. The summed E-state index contributed by atoms with van der Waals surface area (Å²) in [7, 11) is 0. The number of hydrogen-bond donors (Lipinski definition) is 1. The van der Waals surface area contributed by atoms with Crippen LogP contribution in [0.25, 0.3) is 22.2 Å². The summed E-state index contributed by atoms with van der Waals surface area (Å²) < 4.78 is 115. The molecule has 1 atom stereocenters. The number of ether oxygens (including phenoxy) is 1. The second-order valence-electron chi connectivity index (χ2n) is 12.6. The van der Waals surface area contributed by atoms with E-state index in [4.69, 9.17) is 4.74 Å². The number of halogens is 8. The van der Waals surface area contributed by atoms with Gasteiger partial charge in [0.15, 0.2) is 17.1 Å². The number of esters is 1. The van der Waals surface area contributed by atoms with E-state index in [1.54, 1.807) is 24.3 Å². The zero-order valence-electron chi connectivity index (χ0n) is 28.5. The first-order valence-corrected chi connectivity index (χ1v) is 17.7. The number of carbonyl (C=O) groups excluding carboxylic acids is 2. The number of hydrogen-bond acceptors (Lipinski definition) is 7. The number of piperidine rings is 1. The Labute approximate surface area is 312 Å². The van der Waals surface area contributed by atoms with Crippen LogP contribution in [0.3, 0.4) is 0 Å². The van der Waals surface area contributed by atoms with E-state index in [9.17, 15) is 49.5 Å². The Bertz CT molecular complexity index is 2240. The Balaban J connectivity index is 1.42. The molecule has 0 aliphatic carbocycles. The normalized spacial score (nSPS) is 14.5. The molecular formula is C38H30F8N4O4S. The highest BCUT2D eigenvalue weighted by atomic mass is 32.2. The fraction of sp³-hybridized carbons (Fsp3) is 0.263. The summed E-state index contributed by atoms with van der Waals surface area (Å²) in [5.41, 5.74) is -0.422. The van der Waals surface area contributed by atoms with Gasteiger partial charge in [-0.15, -0.1) is 11.8 Å². The molecule has 0 saturated carbocycles. The molecule has 1 unspecified atom stereocenters. The molecule has 1 fully saturated rings. The van der Waals surface area contributed by atoms with Crippen LogP contribution in [0.1, 0.15) is 35.8 Å². The highest BCUT2D eigenvalue weighted by Gasteiger charge is 2.46. The molecule has 0 radical (unpaired) electrons. The first-order chi connectivity index (χ1) is 26.1. The molecule has 5 aromatic rings. The van der Waals surface area contributed by atoms with Crippen LogP contribution in [0.5, 0.6) is 0 Å². The molecule has 6 rings (SSSR count). The monoisotopic (exact) mass is 790 g/mol. The molecular weight excluding hydrogens is 760 g/mol. The van der Waals surface area contributed by atoms with Crippen molar-refractivity contribution >= 4 is 34.7 Å². The van der Waals surface area contributed by atoms with Crippen molar-refractivity contribution in [2.24, 2.45) is 0 Å². The van der Waals surface area contributed by atoms with Crippen molar-refractivity contribution in [2.75, 3.05) is 13.1 Å². The molecule has 0 spiro atoms. The van der Waals surface area contributed by atoms with Gasteiger partial charge in [-0.2, -0.15) is 26.3 Å². The summed E-state index contributed by atoms with van der Waals surface area (Å²) in [6.07, 6.45) is -10.5. The number of aromatic nitrogens is 2. The lowest BCUT2D eigenvalue weighted by Gasteiger charge is -2.37. The molecule has 1 aliphatic rings. The molecule has 2 aromatic heterocycles. The number of fused-ring (bicyclic) bond motifs is 1. The van der Waals surface area contributed by atoms with Gasteiger partial charge in [0, 0.05) is 36.2 Å². The Morgan fingerprint density at radius 1 is 0.909 bits per heavy atom. The SMILES string of the molecule is O=C(C(OC(=O)C(F)(F)F)n1c(SCc2cccc(F)c2F)cc(=O)c2cccnc21)N(Cc1ccc(-c2ccc(C(F)(F)F)cc2)cc1)C1CCNCC1. The van der Waals surface area contributed by atoms with Crippen molar-refractivity contribution < 1.29 is 49.4 Å². The molecule has 3 aromatic carbocycles. The number of benzene rings is 3. The predicted molar refractivity (Wildman–Crippen MR) is 186 cm³/mol. The van der Waals surface area contributed by atoms with Crippen LogP contribution < -0.4 is 10.7 Å². The lowest BCUT2D eigenvalue weighted by Crippen LogP contribution is -2.49. The number of pyridine rings is 2. The molecule has 1 amide bonds. The summed E-state index contributed by atoms with van der Waals surface area (Å²) in [5.74, 6) is -6.50. The molecule has 3 heterocycles. The molecule has 8 nitrogen and oxygen atoms in total. The van der Waals surface area contributed by atoms with E-state index in [1.165, 1.54) is 47.5 Å². The molecule has 0 bridgehead atoms. The van der Waals surface area contributed by atoms with Gasteiger partial charge in [0.25, 0.3) is 12.1 Å². The maximum atomic E-state index is 14.8. The van der Waals surface area contributed by atoms with Crippen molar-refractivity contribution in [1.82, 2.24) is 19.8 Å². The minimum absolute atomic E-state index is 0.128. The highest BCUT2D eigenvalue weighted by Crippen LogP contribution is 2.34. The van der Waals surface area contributed by atoms with Crippen LogP contribution in [0, 0.1) is 11.6 Å².